The van der Waals surface area contributed by atoms with Gasteiger partial charge in [-0.15, -0.1) is 0 Å². The van der Waals surface area contributed by atoms with E-state index in [-0.39, 0.29) is 11.8 Å². The van der Waals surface area contributed by atoms with Crippen LogP contribution in [-0.4, -0.2) is 11.1 Å². The van der Waals surface area contributed by atoms with E-state index in [4.69, 9.17) is 21.1 Å². The highest BCUT2D eigenvalue weighted by atomic mass is 35.5. The molecule has 1 aromatic heterocycles. The van der Waals surface area contributed by atoms with Crippen LogP contribution in [0.3, 0.4) is 0 Å². The van der Waals surface area contributed by atoms with Crippen LogP contribution < -0.4 is 0 Å². The second-order valence-electron chi connectivity index (χ2n) is 4.50. The van der Waals surface area contributed by atoms with Gasteiger partial charge in [-0.2, -0.15) is 0 Å². The van der Waals surface area contributed by atoms with Gasteiger partial charge >= 0.3 is 5.97 Å². The Kier molecular flexibility index (Phi) is 2.63. The van der Waals surface area contributed by atoms with Gasteiger partial charge in [-0.3, -0.25) is 4.79 Å². The van der Waals surface area contributed by atoms with Gasteiger partial charge in [0.2, 0.25) is 0 Å². The molecule has 1 aromatic carbocycles. The van der Waals surface area contributed by atoms with Crippen LogP contribution in [0.5, 0.6) is 0 Å². The van der Waals surface area contributed by atoms with Crippen LogP contribution in [0.4, 0.5) is 0 Å². The molecule has 4 heteroatoms. The lowest BCUT2D eigenvalue weighted by atomic mass is 10.2. The number of rotatable bonds is 3. The maximum atomic E-state index is 10.8. The minimum atomic E-state index is -0.746. The molecule has 0 unspecified atom stereocenters. The van der Waals surface area contributed by atoms with Crippen LogP contribution in [0.15, 0.2) is 40.8 Å². The second kappa shape index (κ2) is 4.18. The average Bonchev–Trinajstić information content (AvgIpc) is 3.02. The molecular weight excluding hydrogens is 252 g/mol. The molecule has 1 N–H and O–H groups in total. The maximum Gasteiger partial charge on any atom is 0.307 e. The van der Waals surface area contributed by atoms with Crippen molar-refractivity contribution in [2.75, 3.05) is 0 Å². The number of benzene rings is 1. The summed E-state index contributed by atoms with van der Waals surface area (Å²) in [6.07, 6.45) is 0.670. The molecule has 1 saturated carbocycles. The van der Waals surface area contributed by atoms with Gasteiger partial charge in [0, 0.05) is 16.5 Å². The first kappa shape index (κ1) is 11.4. The molecule has 18 heavy (non-hydrogen) atoms. The highest BCUT2D eigenvalue weighted by Gasteiger charge is 2.46. The smallest absolute Gasteiger partial charge is 0.307 e. The number of carbonyl (C=O) groups is 1. The lowest BCUT2D eigenvalue weighted by Crippen LogP contribution is -1.98. The monoisotopic (exact) mass is 262 g/mol. The predicted octanol–water partition coefficient (Wildman–Crippen LogP) is 3.79. The van der Waals surface area contributed by atoms with E-state index in [1.165, 1.54) is 0 Å². The number of halogens is 1. The molecule has 0 bridgehead atoms. The van der Waals surface area contributed by atoms with Crippen molar-refractivity contribution in [2.24, 2.45) is 5.92 Å². The van der Waals surface area contributed by atoms with E-state index >= 15 is 0 Å². The third-order valence-corrected chi connectivity index (χ3v) is 3.48. The first-order valence-electron chi connectivity index (χ1n) is 5.73. The molecule has 0 radical (unpaired) electrons. The Bertz CT molecular complexity index is 585. The van der Waals surface area contributed by atoms with Crippen molar-refractivity contribution < 1.29 is 14.3 Å². The summed E-state index contributed by atoms with van der Waals surface area (Å²) in [6, 6.07) is 11.1. The summed E-state index contributed by atoms with van der Waals surface area (Å²) >= 11 is 5.82. The van der Waals surface area contributed by atoms with Crippen LogP contribution in [0.2, 0.25) is 5.02 Å². The molecule has 0 amide bonds. The van der Waals surface area contributed by atoms with Crippen molar-refractivity contribution in [3.05, 3.63) is 47.2 Å². The molecule has 1 aliphatic rings. The summed E-state index contributed by atoms with van der Waals surface area (Å²) in [5, 5.41) is 9.56. The maximum absolute atomic E-state index is 10.8. The number of hydrogen-bond acceptors (Lipinski definition) is 2. The molecule has 1 fully saturated rings. The molecule has 3 nitrogen and oxygen atoms in total. The molecule has 2 aromatic rings. The zero-order chi connectivity index (χ0) is 12.7. The van der Waals surface area contributed by atoms with Gasteiger partial charge in [0.05, 0.1) is 5.92 Å². The molecule has 1 heterocycles. The van der Waals surface area contributed by atoms with Crippen LogP contribution in [0.25, 0.3) is 11.3 Å². The fraction of sp³-hybridized carbons (Fsp3) is 0.214. The third kappa shape index (κ3) is 2.02. The van der Waals surface area contributed by atoms with E-state index in [9.17, 15) is 4.79 Å². The van der Waals surface area contributed by atoms with Gasteiger partial charge in [-0.05, 0) is 42.8 Å². The lowest BCUT2D eigenvalue weighted by Gasteiger charge is -1.97. The summed E-state index contributed by atoms with van der Waals surface area (Å²) in [5.41, 5.74) is 0.943. The fourth-order valence-corrected chi connectivity index (χ4v) is 2.23. The minimum absolute atomic E-state index is 0.0311. The Morgan fingerprint density at radius 3 is 2.56 bits per heavy atom. The highest BCUT2D eigenvalue weighted by Crippen LogP contribution is 2.48. The van der Waals surface area contributed by atoms with Gasteiger partial charge in [0.1, 0.15) is 11.5 Å². The van der Waals surface area contributed by atoms with Crippen LogP contribution in [-0.2, 0) is 4.79 Å². The Hall–Kier alpha value is -1.74. The normalized spacial score (nSPS) is 21.8. The van der Waals surface area contributed by atoms with Crippen molar-refractivity contribution in [1.29, 1.82) is 0 Å². The Morgan fingerprint density at radius 1 is 1.22 bits per heavy atom. The van der Waals surface area contributed by atoms with Gasteiger partial charge in [0.15, 0.2) is 0 Å². The largest absolute Gasteiger partial charge is 0.481 e. The van der Waals surface area contributed by atoms with Crippen molar-refractivity contribution >= 4 is 17.6 Å². The molecule has 2 atom stereocenters. The first-order valence-corrected chi connectivity index (χ1v) is 6.11. The average molecular weight is 263 g/mol. The van der Waals surface area contributed by atoms with E-state index in [1.807, 2.05) is 24.3 Å². The van der Waals surface area contributed by atoms with Crippen LogP contribution in [0, 0.1) is 5.92 Å². The van der Waals surface area contributed by atoms with E-state index in [0.717, 1.165) is 17.1 Å². The number of carboxylic acid groups (broad SMARTS) is 1. The summed E-state index contributed by atoms with van der Waals surface area (Å²) in [7, 11) is 0. The Labute approximate surface area is 109 Å². The number of aliphatic carboxylic acids is 1. The van der Waals surface area contributed by atoms with Gasteiger partial charge < -0.3 is 9.52 Å². The Balaban J connectivity index is 1.82. The first-order chi connectivity index (χ1) is 8.65. The van der Waals surface area contributed by atoms with E-state index in [2.05, 4.69) is 0 Å². The summed E-state index contributed by atoms with van der Waals surface area (Å²) in [4.78, 5) is 10.8. The second-order valence-corrected chi connectivity index (χ2v) is 4.93. The van der Waals surface area contributed by atoms with Crippen molar-refractivity contribution in [3.63, 3.8) is 0 Å². The third-order valence-electron chi connectivity index (χ3n) is 3.23. The molecule has 0 aliphatic heterocycles. The van der Waals surface area contributed by atoms with E-state index < -0.39 is 5.97 Å². The SMILES string of the molecule is O=C(O)[C@H]1C[C@H]1c1ccc(-c2ccc(Cl)cc2)o1. The highest BCUT2D eigenvalue weighted by molar-refractivity contribution is 6.30. The molecule has 0 spiro atoms. The molecule has 3 rings (SSSR count). The zero-order valence-corrected chi connectivity index (χ0v) is 10.2. The quantitative estimate of drug-likeness (QED) is 0.916. The van der Waals surface area contributed by atoms with Crippen LogP contribution >= 0.6 is 11.6 Å². The van der Waals surface area contributed by atoms with Crippen molar-refractivity contribution in [2.45, 2.75) is 12.3 Å². The molecular formula is C14H11ClO3. The van der Waals surface area contributed by atoms with Gasteiger partial charge in [0.25, 0.3) is 0 Å². The number of furan rings is 1. The predicted molar refractivity (Wildman–Crippen MR) is 67.6 cm³/mol. The van der Waals surface area contributed by atoms with Gasteiger partial charge in [-0.25, -0.2) is 0 Å². The molecule has 92 valence electrons. The summed E-state index contributed by atoms with van der Waals surface area (Å²) in [6.45, 7) is 0. The van der Waals surface area contributed by atoms with E-state index in [1.54, 1.807) is 12.1 Å². The van der Waals surface area contributed by atoms with Crippen molar-refractivity contribution in [3.8, 4) is 11.3 Å². The van der Waals surface area contributed by atoms with Gasteiger partial charge in [-0.1, -0.05) is 11.6 Å². The summed E-state index contributed by atoms with van der Waals surface area (Å²) in [5.74, 6) is 0.507. The fourth-order valence-electron chi connectivity index (χ4n) is 2.10. The van der Waals surface area contributed by atoms with Crippen molar-refractivity contribution in [1.82, 2.24) is 0 Å². The minimum Gasteiger partial charge on any atom is -0.481 e. The van der Waals surface area contributed by atoms with Crippen LogP contribution in [0.1, 0.15) is 18.1 Å². The number of hydrogen-bond donors (Lipinski definition) is 1. The molecule has 1 aliphatic carbocycles. The Morgan fingerprint density at radius 2 is 1.94 bits per heavy atom. The van der Waals surface area contributed by atoms with E-state index in [0.29, 0.717) is 11.4 Å². The summed E-state index contributed by atoms with van der Waals surface area (Å²) < 4.78 is 5.71. The number of carboxylic acids is 1. The topological polar surface area (TPSA) is 50.4 Å². The standard InChI is InChI=1S/C14H11ClO3/c15-9-3-1-8(2-4-9)12-5-6-13(18-12)10-7-11(10)14(16)17/h1-6,10-11H,7H2,(H,16,17)/t10-,11+/m1/s1. The zero-order valence-electron chi connectivity index (χ0n) is 9.47. The lowest BCUT2D eigenvalue weighted by molar-refractivity contribution is -0.138. The molecule has 0 saturated heterocycles.